The molecule has 0 aromatic heterocycles. The Morgan fingerprint density at radius 2 is 1.95 bits per heavy atom. The normalized spacial score (nSPS) is 13.7. The van der Waals surface area contributed by atoms with Gasteiger partial charge in [0.1, 0.15) is 13.2 Å². The minimum atomic E-state index is 0.284. The molecule has 0 saturated carbocycles. The number of fused-ring (bicyclic) bond motifs is 1. The van der Waals surface area contributed by atoms with Gasteiger partial charge in [0.2, 0.25) is 0 Å². The number of thiocarbonyl (C=S) groups is 1. The van der Waals surface area contributed by atoms with Crippen molar-refractivity contribution in [3.05, 3.63) is 18.2 Å². The first kappa shape index (κ1) is 16.2. The van der Waals surface area contributed by atoms with E-state index in [2.05, 4.69) is 31.4 Å². The van der Waals surface area contributed by atoms with Crippen LogP contribution in [0, 0.1) is 0 Å². The molecule has 0 saturated heterocycles. The molecule has 1 aliphatic rings. The SMILES string of the molecule is CC(C)(C)SCCNC(=S)Nc1ccc2c(c1)OCCO2. The van der Waals surface area contributed by atoms with Gasteiger partial charge in [-0.15, -0.1) is 0 Å². The fourth-order valence-corrected chi connectivity index (χ4v) is 2.85. The van der Waals surface area contributed by atoms with Crippen molar-refractivity contribution in [1.29, 1.82) is 0 Å². The lowest BCUT2D eigenvalue weighted by Gasteiger charge is -2.20. The molecule has 6 heteroatoms. The molecule has 0 spiro atoms. The monoisotopic (exact) mass is 326 g/mol. The van der Waals surface area contributed by atoms with Gasteiger partial charge in [0.25, 0.3) is 0 Å². The third-order valence-corrected chi connectivity index (χ3v) is 4.24. The highest BCUT2D eigenvalue weighted by Crippen LogP contribution is 2.32. The second-order valence-electron chi connectivity index (χ2n) is 5.70. The predicted molar refractivity (Wildman–Crippen MR) is 93.9 cm³/mol. The van der Waals surface area contributed by atoms with Crippen LogP contribution in [0.25, 0.3) is 0 Å². The average molecular weight is 326 g/mol. The Bertz CT molecular complexity index is 501. The van der Waals surface area contributed by atoms with E-state index in [0.29, 0.717) is 18.3 Å². The molecule has 1 heterocycles. The van der Waals surface area contributed by atoms with E-state index in [4.69, 9.17) is 21.7 Å². The zero-order valence-corrected chi connectivity index (χ0v) is 14.3. The molecule has 1 aromatic carbocycles. The van der Waals surface area contributed by atoms with Gasteiger partial charge in [0, 0.05) is 28.8 Å². The summed E-state index contributed by atoms with van der Waals surface area (Å²) in [6.45, 7) is 8.67. The van der Waals surface area contributed by atoms with Gasteiger partial charge in [-0.1, -0.05) is 20.8 Å². The van der Waals surface area contributed by atoms with E-state index in [1.807, 2.05) is 30.0 Å². The van der Waals surface area contributed by atoms with Crippen LogP contribution in [-0.4, -0.2) is 35.4 Å². The van der Waals surface area contributed by atoms with Crippen molar-refractivity contribution in [3.8, 4) is 11.5 Å². The Morgan fingerprint density at radius 1 is 1.24 bits per heavy atom. The van der Waals surface area contributed by atoms with Crippen molar-refractivity contribution >= 4 is 34.8 Å². The van der Waals surface area contributed by atoms with Gasteiger partial charge in [-0.2, -0.15) is 11.8 Å². The maximum atomic E-state index is 5.55. The van der Waals surface area contributed by atoms with E-state index in [9.17, 15) is 0 Å². The number of benzene rings is 1. The first-order chi connectivity index (χ1) is 9.94. The van der Waals surface area contributed by atoms with Crippen LogP contribution in [0.4, 0.5) is 5.69 Å². The Labute approximate surface area is 136 Å². The van der Waals surface area contributed by atoms with Gasteiger partial charge in [-0.05, 0) is 24.4 Å². The summed E-state index contributed by atoms with van der Waals surface area (Å²) < 4.78 is 11.3. The molecule has 4 nitrogen and oxygen atoms in total. The van der Waals surface area contributed by atoms with Gasteiger partial charge >= 0.3 is 0 Å². The summed E-state index contributed by atoms with van der Waals surface area (Å²) in [6, 6.07) is 5.74. The van der Waals surface area contributed by atoms with Crippen molar-refractivity contribution in [2.24, 2.45) is 0 Å². The molecule has 0 atom stereocenters. The van der Waals surface area contributed by atoms with Crippen LogP contribution in [0.1, 0.15) is 20.8 Å². The van der Waals surface area contributed by atoms with E-state index in [0.717, 1.165) is 29.5 Å². The van der Waals surface area contributed by atoms with Crippen molar-refractivity contribution in [2.75, 3.05) is 30.8 Å². The van der Waals surface area contributed by atoms with E-state index >= 15 is 0 Å². The molecular formula is C15H22N2O2S2. The van der Waals surface area contributed by atoms with E-state index in [-0.39, 0.29) is 4.75 Å². The Balaban J connectivity index is 1.77. The summed E-state index contributed by atoms with van der Waals surface area (Å²) in [5, 5.41) is 7.00. The average Bonchev–Trinajstić information content (AvgIpc) is 2.42. The van der Waals surface area contributed by atoms with E-state index in [1.165, 1.54) is 0 Å². The van der Waals surface area contributed by atoms with Crippen molar-refractivity contribution in [2.45, 2.75) is 25.5 Å². The fourth-order valence-electron chi connectivity index (χ4n) is 1.82. The summed E-state index contributed by atoms with van der Waals surface area (Å²) in [5.41, 5.74) is 0.903. The maximum absolute atomic E-state index is 5.55. The molecule has 2 rings (SSSR count). The number of thioether (sulfide) groups is 1. The highest BCUT2D eigenvalue weighted by Gasteiger charge is 2.12. The standard InChI is InChI=1S/C15H22N2O2S2/c1-15(2,3)21-9-6-16-14(20)17-11-4-5-12-13(10-11)19-8-7-18-12/h4-5,10H,6-9H2,1-3H3,(H2,16,17,20). The minimum absolute atomic E-state index is 0.284. The van der Waals surface area contributed by atoms with Crippen LogP contribution in [0.5, 0.6) is 11.5 Å². The van der Waals surface area contributed by atoms with Crippen LogP contribution in [-0.2, 0) is 0 Å². The van der Waals surface area contributed by atoms with E-state index < -0.39 is 0 Å². The number of rotatable bonds is 4. The second kappa shape index (κ2) is 7.22. The topological polar surface area (TPSA) is 42.5 Å². The molecular weight excluding hydrogens is 304 g/mol. The fraction of sp³-hybridized carbons (Fsp3) is 0.533. The number of hydrogen-bond acceptors (Lipinski definition) is 4. The number of nitrogens with one attached hydrogen (secondary N) is 2. The van der Waals surface area contributed by atoms with E-state index in [1.54, 1.807) is 0 Å². The van der Waals surface area contributed by atoms with Crippen LogP contribution in [0.2, 0.25) is 0 Å². The van der Waals surface area contributed by atoms with Crippen LogP contribution < -0.4 is 20.1 Å². The highest BCUT2D eigenvalue weighted by molar-refractivity contribution is 8.00. The quantitative estimate of drug-likeness (QED) is 0.654. The zero-order chi connectivity index (χ0) is 15.3. The first-order valence-electron chi connectivity index (χ1n) is 7.02. The molecule has 0 radical (unpaired) electrons. The molecule has 1 aromatic rings. The maximum Gasteiger partial charge on any atom is 0.170 e. The number of hydrogen-bond donors (Lipinski definition) is 2. The summed E-state index contributed by atoms with van der Waals surface area (Å²) in [4.78, 5) is 0. The lowest BCUT2D eigenvalue weighted by Crippen LogP contribution is -2.31. The van der Waals surface area contributed by atoms with Crippen LogP contribution in [0.3, 0.4) is 0 Å². The summed E-state index contributed by atoms with van der Waals surface area (Å²) >= 11 is 7.21. The molecule has 0 bridgehead atoms. The Morgan fingerprint density at radius 3 is 2.67 bits per heavy atom. The number of ether oxygens (including phenoxy) is 2. The Hall–Kier alpha value is -1.14. The summed E-state index contributed by atoms with van der Waals surface area (Å²) in [5.74, 6) is 2.57. The third kappa shape index (κ3) is 5.63. The summed E-state index contributed by atoms with van der Waals surface area (Å²) in [7, 11) is 0. The van der Waals surface area contributed by atoms with Gasteiger partial charge in [0.15, 0.2) is 16.6 Å². The van der Waals surface area contributed by atoms with Gasteiger partial charge < -0.3 is 20.1 Å². The molecule has 116 valence electrons. The van der Waals surface area contributed by atoms with Crippen molar-refractivity contribution < 1.29 is 9.47 Å². The molecule has 0 amide bonds. The van der Waals surface area contributed by atoms with Gasteiger partial charge in [-0.25, -0.2) is 0 Å². The lowest BCUT2D eigenvalue weighted by atomic mass is 10.2. The summed E-state index contributed by atoms with van der Waals surface area (Å²) in [6.07, 6.45) is 0. The molecule has 21 heavy (non-hydrogen) atoms. The number of anilines is 1. The largest absolute Gasteiger partial charge is 0.486 e. The van der Waals surface area contributed by atoms with Gasteiger partial charge in [-0.3, -0.25) is 0 Å². The Kier molecular flexibility index (Phi) is 5.58. The third-order valence-electron chi connectivity index (χ3n) is 2.72. The van der Waals surface area contributed by atoms with Crippen LogP contribution >= 0.6 is 24.0 Å². The smallest absolute Gasteiger partial charge is 0.170 e. The molecule has 0 unspecified atom stereocenters. The van der Waals surface area contributed by atoms with Crippen LogP contribution in [0.15, 0.2) is 18.2 Å². The van der Waals surface area contributed by atoms with Gasteiger partial charge in [0.05, 0.1) is 0 Å². The van der Waals surface area contributed by atoms with Crippen molar-refractivity contribution in [1.82, 2.24) is 5.32 Å². The molecule has 2 N–H and O–H groups in total. The first-order valence-corrected chi connectivity index (χ1v) is 8.42. The predicted octanol–water partition coefficient (Wildman–Crippen LogP) is 3.28. The minimum Gasteiger partial charge on any atom is -0.486 e. The second-order valence-corrected chi connectivity index (χ2v) is 8.03. The zero-order valence-electron chi connectivity index (χ0n) is 12.7. The van der Waals surface area contributed by atoms with Crippen molar-refractivity contribution in [3.63, 3.8) is 0 Å². The highest BCUT2D eigenvalue weighted by atomic mass is 32.2. The lowest BCUT2D eigenvalue weighted by molar-refractivity contribution is 0.171. The molecule has 0 aliphatic carbocycles. The molecule has 1 aliphatic heterocycles. The molecule has 0 fully saturated rings.